The molecule has 0 unspecified atom stereocenters. The van der Waals surface area contributed by atoms with Crippen LogP contribution in [0.4, 0.5) is 0 Å². The number of hydrogen-bond donors (Lipinski definition) is 0. The Kier molecular flexibility index (Phi) is 19.5. The van der Waals surface area contributed by atoms with E-state index >= 15 is 0 Å². The molecule has 0 N–H and O–H groups in total. The summed E-state index contributed by atoms with van der Waals surface area (Å²) in [5.74, 6) is 0. The first-order valence-electron chi connectivity index (χ1n) is 7.25. The van der Waals surface area contributed by atoms with Crippen LogP contribution in [0, 0.1) is 37.1 Å². The van der Waals surface area contributed by atoms with E-state index in [0.717, 1.165) is 6.42 Å². The molecule has 3 aromatic carbocycles. The smallest absolute Gasteiger partial charge is 0 e. The van der Waals surface area contributed by atoms with E-state index in [4.69, 9.17) is 0 Å². The van der Waals surface area contributed by atoms with Crippen molar-refractivity contribution in [2.45, 2.75) is 32.6 Å². The minimum atomic E-state index is 0. The predicted octanol–water partition coefficient (Wildman–Crippen LogP) is 7.26. The Balaban J connectivity index is -0.000000179. The zero-order chi connectivity index (χ0) is 13.1. The number of benzene rings is 1. The van der Waals surface area contributed by atoms with Gasteiger partial charge in [-0.05, 0) is 19.3 Å². The van der Waals surface area contributed by atoms with Gasteiger partial charge < -0.3 is 37.1 Å². The third kappa shape index (κ3) is 7.44. The van der Waals surface area contributed by atoms with Crippen LogP contribution < -0.4 is 0 Å². The van der Waals surface area contributed by atoms with E-state index in [1.807, 2.05) is 30.3 Å². The summed E-state index contributed by atoms with van der Waals surface area (Å²) in [7, 11) is 0. The van der Waals surface area contributed by atoms with Gasteiger partial charge in [-0.25, -0.2) is 12.1 Å². The largest absolute Gasteiger partial charge is 0.358 e. The van der Waals surface area contributed by atoms with E-state index in [-0.39, 0.29) is 63.0 Å². The molecule has 0 spiro atoms. The maximum atomic E-state index is 2.43. The molecule has 0 atom stereocenters. The maximum Gasteiger partial charge on any atom is 0 e. The third-order valence-electron chi connectivity index (χ3n) is 4.01. The summed E-state index contributed by atoms with van der Waals surface area (Å²) in [4.78, 5) is 0. The first kappa shape index (κ1) is 31.8. The van der Waals surface area contributed by atoms with Gasteiger partial charge in [0.1, 0.15) is 0 Å². The van der Waals surface area contributed by atoms with Crippen molar-refractivity contribution in [3.63, 3.8) is 0 Å². The van der Waals surface area contributed by atoms with Gasteiger partial charge in [-0.15, -0.1) is 34.5 Å². The molecule has 3 aromatic rings. The van der Waals surface area contributed by atoms with Gasteiger partial charge in [-0.3, -0.25) is 0 Å². The Morgan fingerprint density at radius 2 is 1.48 bits per heavy atom. The molecule has 0 fully saturated rings. The van der Waals surface area contributed by atoms with E-state index in [2.05, 4.69) is 31.2 Å². The molecule has 1 heteroatoms. The first-order valence-corrected chi connectivity index (χ1v) is 7.25. The third-order valence-corrected chi connectivity index (χ3v) is 4.01. The van der Waals surface area contributed by atoms with E-state index in [1.165, 1.54) is 35.6 Å². The van der Waals surface area contributed by atoms with Crippen molar-refractivity contribution < 1.29 is 25.8 Å². The molecule has 4 rings (SSSR count). The Morgan fingerprint density at radius 3 is 1.96 bits per heavy atom. The van der Waals surface area contributed by atoms with Gasteiger partial charge in [-0.2, -0.15) is 24.3 Å². The van der Waals surface area contributed by atoms with E-state index < -0.39 is 0 Å². The Labute approximate surface area is 177 Å². The second-order valence-corrected chi connectivity index (χ2v) is 5.24. The van der Waals surface area contributed by atoms with Crippen LogP contribution in [0.2, 0.25) is 0 Å². The topological polar surface area (TPSA) is 0 Å². The maximum absolute atomic E-state index is 2.43. The number of hydrogen-bond acceptors (Lipinski definition) is 0. The van der Waals surface area contributed by atoms with Crippen molar-refractivity contribution in [3.8, 4) is 0 Å². The van der Waals surface area contributed by atoms with Crippen molar-refractivity contribution >= 4 is 10.8 Å². The van der Waals surface area contributed by atoms with Crippen LogP contribution in [0.5, 0.6) is 0 Å². The van der Waals surface area contributed by atoms with Gasteiger partial charge in [0, 0.05) is 25.8 Å². The average Bonchev–Trinajstić information content (AvgIpc) is 3.18. The van der Waals surface area contributed by atoms with Gasteiger partial charge in [-0.1, -0.05) is 24.5 Å². The van der Waals surface area contributed by atoms with Crippen molar-refractivity contribution in [2.24, 2.45) is 0 Å². The number of aryl methyl sites for hydroxylation is 3. The van der Waals surface area contributed by atoms with E-state index in [0.29, 0.717) is 0 Å². The minimum Gasteiger partial charge on any atom is -0.358 e. The van der Waals surface area contributed by atoms with Crippen LogP contribution in [0.1, 0.15) is 30.0 Å². The van der Waals surface area contributed by atoms with Gasteiger partial charge in [0.15, 0.2) is 0 Å². The van der Waals surface area contributed by atoms with Crippen molar-refractivity contribution in [2.75, 3.05) is 0 Å². The van der Waals surface area contributed by atoms with Crippen LogP contribution in [-0.4, -0.2) is 0 Å². The summed E-state index contributed by atoms with van der Waals surface area (Å²) in [5.41, 5.74) is 4.69. The van der Waals surface area contributed by atoms with E-state index in [9.17, 15) is 0 Å². The fourth-order valence-corrected chi connectivity index (χ4v) is 2.97. The number of fused-ring (bicyclic) bond motifs is 2. The van der Waals surface area contributed by atoms with Crippen LogP contribution in [0.3, 0.4) is 0 Å². The molecule has 1 aliphatic carbocycles. The summed E-state index contributed by atoms with van der Waals surface area (Å²) in [5, 5.41) is 2.94. The second kappa shape index (κ2) is 15.3. The Bertz CT molecular complexity index is 627. The zero-order valence-electron chi connectivity index (χ0n) is 17.0. The molecule has 142 valence electrons. The van der Waals surface area contributed by atoms with Crippen molar-refractivity contribution in [1.29, 1.82) is 0 Å². The summed E-state index contributed by atoms with van der Waals surface area (Å²) < 4.78 is 0. The normalized spacial score (nSPS) is 9.96. The van der Waals surface area contributed by atoms with Crippen LogP contribution >= 0.6 is 0 Å². The minimum absolute atomic E-state index is 0. The molecule has 1 aliphatic rings. The van der Waals surface area contributed by atoms with Gasteiger partial charge in [0.2, 0.25) is 0 Å². The van der Waals surface area contributed by atoms with Gasteiger partial charge in [0.05, 0.1) is 0 Å². The summed E-state index contributed by atoms with van der Waals surface area (Å²) in [6.07, 6.45) is 5.09. The molecule has 0 saturated carbocycles. The molecule has 0 bridgehead atoms. The average molecular weight is 502 g/mol. The van der Waals surface area contributed by atoms with Gasteiger partial charge in [0.25, 0.3) is 0 Å². The Morgan fingerprint density at radius 1 is 0.920 bits per heavy atom. The Hall–Kier alpha value is -0.950. The van der Waals surface area contributed by atoms with Gasteiger partial charge >= 0.3 is 0 Å². The predicted molar refractivity (Wildman–Crippen MR) is 115 cm³/mol. The molecular weight excluding hydrogens is 467 g/mol. The molecule has 0 aromatic heterocycles. The summed E-state index contributed by atoms with van der Waals surface area (Å²) >= 11 is 0. The summed E-state index contributed by atoms with van der Waals surface area (Å²) in [6.45, 7) is 2.24. The first-order chi connectivity index (χ1) is 9.38. The molecular formula is C24H35Hf-7. The standard InChI is InChI=1S/C14H15.C5H5.5CH3.Hf/c1-2-10-6-7-13-8-11-4-3-5-12(11)9-14(10)13;1-2-4-5-3-1;;;;;;/h6-9H,2-5H2,1H3;1-5H;5*1H3;/q7*-1;. The van der Waals surface area contributed by atoms with Crippen LogP contribution in [0.15, 0.2) is 54.6 Å². The number of rotatable bonds is 1. The quantitative estimate of drug-likeness (QED) is 0.243. The SMILES string of the molecule is CC[c-]1ccc2cc3c(cc21)CCC3.[CH3-].[CH3-].[CH3-].[CH3-].[CH3-].[Hf].c1cc[cH-]c1. The molecule has 25 heavy (non-hydrogen) atoms. The summed E-state index contributed by atoms with van der Waals surface area (Å²) in [6, 6.07) is 19.4. The van der Waals surface area contributed by atoms with Crippen molar-refractivity contribution in [1.82, 2.24) is 0 Å². The molecule has 0 amide bonds. The fourth-order valence-electron chi connectivity index (χ4n) is 2.97. The monoisotopic (exact) mass is 503 g/mol. The molecule has 0 radical (unpaired) electrons. The van der Waals surface area contributed by atoms with Crippen molar-refractivity contribution in [3.05, 3.63) is 108 Å². The van der Waals surface area contributed by atoms with Crippen LogP contribution in [0.25, 0.3) is 10.8 Å². The molecule has 0 nitrogen and oxygen atoms in total. The zero-order valence-corrected chi connectivity index (χ0v) is 20.6. The molecule has 0 aliphatic heterocycles. The molecule has 0 saturated heterocycles. The fraction of sp³-hybridized carbons (Fsp3) is 0.208. The second-order valence-electron chi connectivity index (χ2n) is 5.24. The van der Waals surface area contributed by atoms with E-state index in [1.54, 1.807) is 11.1 Å². The van der Waals surface area contributed by atoms with Crippen LogP contribution in [-0.2, 0) is 45.1 Å². The molecule has 0 heterocycles.